The lowest BCUT2D eigenvalue weighted by molar-refractivity contribution is 0.619. The Morgan fingerprint density at radius 3 is 2.83 bits per heavy atom. The molecule has 0 aliphatic carbocycles. The van der Waals surface area contributed by atoms with Crippen molar-refractivity contribution in [3.8, 4) is 17.5 Å². The molecular formula is C15H10N2O. The Bertz CT molecular complexity index is 766. The number of hydrogen-bond donors (Lipinski definition) is 0. The van der Waals surface area contributed by atoms with Gasteiger partial charge in [0.15, 0.2) is 5.58 Å². The van der Waals surface area contributed by atoms with Gasteiger partial charge in [0, 0.05) is 0 Å². The maximum atomic E-state index is 9.08. The van der Waals surface area contributed by atoms with E-state index in [0.29, 0.717) is 11.5 Å². The minimum atomic E-state index is 0.493. The molecule has 3 heteroatoms. The largest absolute Gasteiger partial charge is 0.436 e. The third-order valence-electron chi connectivity index (χ3n) is 2.82. The molecule has 2 aromatic carbocycles. The molecule has 3 aromatic rings. The number of nitriles is 1. The van der Waals surface area contributed by atoms with Crippen molar-refractivity contribution in [2.45, 2.75) is 6.92 Å². The predicted molar refractivity (Wildman–Crippen MR) is 68.9 cm³/mol. The lowest BCUT2D eigenvalue weighted by Crippen LogP contribution is -1.82. The molecule has 86 valence electrons. The number of aromatic nitrogens is 1. The third kappa shape index (κ3) is 1.64. The highest BCUT2D eigenvalue weighted by atomic mass is 16.3. The summed E-state index contributed by atoms with van der Waals surface area (Å²) in [6.45, 7) is 2.00. The second-order valence-corrected chi connectivity index (χ2v) is 4.15. The normalized spacial score (nSPS) is 10.4. The average molecular weight is 234 g/mol. The van der Waals surface area contributed by atoms with Crippen molar-refractivity contribution in [1.82, 2.24) is 4.98 Å². The van der Waals surface area contributed by atoms with Gasteiger partial charge < -0.3 is 4.42 Å². The molecule has 0 aliphatic heterocycles. The predicted octanol–water partition coefficient (Wildman–Crippen LogP) is 3.67. The molecule has 0 unspecified atom stereocenters. The molecule has 3 nitrogen and oxygen atoms in total. The molecule has 0 amide bonds. The molecule has 0 N–H and O–H groups in total. The van der Waals surface area contributed by atoms with Gasteiger partial charge in [0.25, 0.3) is 0 Å². The minimum absolute atomic E-state index is 0.493. The van der Waals surface area contributed by atoms with E-state index in [1.54, 1.807) is 6.07 Å². The van der Waals surface area contributed by atoms with Crippen LogP contribution in [0, 0.1) is 18.3 Å². The second kappa shape index (κ2) is 4.01. The number of nitrogens with zero attached hydrogens (tertiary/aromatic N) is 2. The van der Waals surface area contributed by atoms with Gasteiger partial charge in [0.1, 0.15) is 5.52 Å². The summed E-state index contributed by atoms with van der Waals surface area (Å²) in [6, 6.07) is 15.3. The van der Waals surface area contributed by atoms with Crippen LogP contribution in [-0.4, -0.2) is 4.98 Å². The van der Waals surface area contributed by atoms with E-state index in [-0.39, 0.29) is 0 Å². The first-order valence-corrected chi connectivity index (χ1v) is 5.64. The topological polar surface area (TPSA) is 49.8 Å². The van der Waals surface area contributed by atoms with Crippen LogP contribution in [0.4, 0.5) is 0 Å². The van der Waals surface area contributed by atoms with E-state index in [1.807, 2.05) is 43.3 Å². The van der Waals surface area contributed by atoms with Gasteiger partial charge in [-0.05, 0) is 36.8 Å². The van der Waals surface area contributed by atoms with Crippen molar-refractivity contribution >= 4 is 11.1 Å². The summed E-state index contributed by atoms with van der Waals surface area (Å²) in [5.74, 6) is 0.493. The summed E-state index contributed by atoms with van der Waals surface area (Å²) in [5, 5.41) is 9.08. The van der Waals surface area contributed by atoms with Crippen LogP contribution < -0.4 is 0 Å². The van der Waals surface area contributed by atoms with E-state index in [2.05, 4.69) is 11.1 Å². The molecular weight excluding hydrogens is 224 g/mol. The zero-order valence-electron chi connectivity index (χ0n) is 9.84. The molecule has 0 aliphatic rings. The summed E-state index contributed by atoms with van der Waals surface area (Å²) in [7, 11) is 0. The molecule has 1 aromatic heterocycles. The van der Waals surface area contributed by atoms with Crippen molar-refractivity contribution in [3.05, 3.63) is 53.6 Å². The van der Waals surface area contributed by atoms with Gasteiger partial charge in [-0.15, -0.1) is 0 Å². The van der Waals surface area contributed by atoms with Crippen molar-refractivity contribution in [3.63, 3.8) is 0 Å². The fourth-order valence-corrected chi connectivity index (χ4v) is 1.91. The monoisotopic (exact) mass is 234 g/mol. The molecule has 1 heterocycles. The van der Waals surface area contributed by atoms with Gasteiger partial charge in [-0.25, -0.2) is 4.98 Å². The number of fused-ring (bicyclic) bond motifs is 1. The Hall–Kier alpha value is -2.60. The van der Waals surface area contributed by atoms with Crippen LogP contribution in [-0.2, 0) is 0 Å². The molecule has 0 saturated heterocycles. The zero-order chi connectivity index (χ0) is 12.5. The van der Waals surface area contributed by atoms with Crippen LogP contribution in [0.2, 0.25) is 0 Å². The van der Waals surface area contributed by atoms with Gasteiger partial charge in [-0.3, -0.25) is 0 Å². The molecule has 0 bridgehead atoms. The van der Waals surface area contributed by atoms with Crippen molar-refractivity contribution in [2.75, 3.05) is 0 Å². The number of rotatable bonds is 1. The first-order valence-electron chi connectivity index (χ1n) is 5.64. The Morgan fingerprint density at radius 1 is 1.17 bits per heavy atom. The second-order valence-electron chi connectivity index (χ2n) is 4.15. The number of hydrogen-bond acceptors (Lipinski definition) is 3. The highest BCUT2D eigenvalue weighted by molar-refractivity contribution is 5.78. The van der Waals surface area contributed by atoms with Gasteiger partial charge >= 0.3 is 0 Å². The standard InChI is InChI=1S/C15H10N2O/c1-10-6-7-13-14(8-10)18-15(17-13)12-5-3-2-4-11(12)9-16/h2-8H,1H3. The minimum Gasteiger partial charge on any atom is -0.436 e. The molecule has 3 rings (SSSR count). The number of aryl methyl sites for hydroxylation is 1. The molecule has 18 heavy (non-hydrogen) atoms. The Labute approximate surface area is 104 Å². The van der Waals surface area contributed by atoms with E-state index >= 15 is 0 Å². The van der Waals surface area contributed by atoms with Gasteiger partial charge in [-0.1, -0.05) is 18.2 Å². The van der Waals surface area contributed by atoms with Gasteiger partial charge in [0.2, 0.25) is 5.89 Å². The smallest absolute Gasteiger partial charge is 0.228 e. The molecule has 0 atom stereocenters. The van der Waals surface area contributed by atoms with Crippen LogP contribution in [0.3, 0.4) is 0 Å². The Kier molecular flexibility index (Phi) is 2.35. The van der Waals surface area contributed by atoms with Crippen LogP contribution in [0.5, 0.6) is 0 Å². The van der Waals surface area contributed by atoms with Crippen LogP contribution in [0.25, 0.3) is 22.6 Å². The first-order chi connectivity index (χ1) is 8.78. The highest BCUT2D eigenvalue weighted by Gasteiger charge is 2.11. The zero-order valence-corrected chi connectivity index (χ0v) is 9.84. The Morgan fingerprint density at radius 2 is 2.00 bits per heavy atom. The Balaban J connectivity index is 2.23. The lowest BCUT2D eigenvalue weighted by Gasteiger charge is -1.96. The SMILES string of the molecule is Cc1ccc2nc(-c3ccccc3C#N)oc2c1. The number of benzene rings is 2. The van der Waals surface area contributed by atoms with E-state index < -0.39 is 0 Å². The quantitative estimate of drug-likeness (QED) is 0.645. The summed E-state index contributed by atoms with van der Waals surface area (Å²) in [6.07, 6.45) is 0. The fourth-order valence-electron chi connectivity index (χ4n) is 1.91. The van der Waals surface area contributed by atoms with E-state index in [0.717, 1.165) is 22.2 Å². The van der Waals surface area contributed by atoms with Crippen molar-refractivity contribution in [1.29, 1.82) is 5.26 Å². The van der Waals surface area contributed by atoms with E-state index in [4.69, 9.17) is 9.68 Å². The summed E-state index contributed by atoms with van der Waals surface area (Å²) in [4.78, 5) is 4.41. The first kappa shape index (κ1) is 10.5. The summed E-state index contributed by atoms with van der Waals surface area (Å²) < 4.78 is 5.72. The fraction of sp³-hybridized carbons (Fsp3) is 0.0667. The molecule has 0 spiro atoms. The lowest BCUT2D eigenvalue weighted by atomic mass is 10.1. The number of oxazole rings is 1. The van der Waals surface area contributed by atoms with E-state index in [9.17, 15) is 0 Å². The average Bonchev–Trinajstić information content (AvgIpc) is 2.81. The highest BCUT2D eigenvalue weighted by Crippen LogP contribution is 2.26. The van der Waals surface area contributed by atoms with Crippen molar-refractivity contribution in [2.24, 2.45) is 0 Å². The molecule has 0 fully saturated rings. The van der Waals surface area contributed by atoms with Gasteiger partial charge in [0.05, 0.1) is 17.2 Å². The summed E-state index contributed by atoms with van der Waals surface area (Å²) in [5.41, 5.74) is 3.98. The summed E-state index contributed by atoms with van der Waals surface area (Å²) >= 11 is 0. The molecule has 0 saturated carbocycles. The maximum Gasteiger partial charge on any atom is 0.228 e. The third-order valence-corrected chi connectivity index (χ3v) is 2.82. The van der Waals surface area contributed by atoms with Crippen LogP contribution >= 0.6 is 0 Å². The van der Waals surface area contributed by atoms with E-state index in [1.165, 1.54) is 0 Å². The molecule has 0 radical (unpaired) electrons. The van der Waals surface area contributed by atoms with Crippen molar-refractivity contribution < 1.29 is 4.42 Å². The van der Waals surface area contributed by atoms with Crippen LogP contribution in [0.1, 0.15) is 11.1 Å². The maximum absolute atomic E-state index is 9.08. The van der Waals surface area contributed by atoms with Gasteiger partial charge in [-0.2, -0.15) is 5.26 Å². The van der Waals surface area contributed by atoms with Crippen LogP contribution in [0.15, 0.2) is 46.9 Å².